The van der Waals surface area contributed by atoms with E-state index in [1.54, 1.807) is 7.11 Å². The zero-order valence-corrected chi connectivity index (χ0v) is 9.71. The molecule has 0 aromatic carbocycles. The number of carbonyl (C=O) groups excluding carboxylic acids is 1. The summed E-state index contributed by atoms with van der Waals surface area (Å²) in [6, 6.07) is 0. The van der Waals surface area contributed by atoms with Crippen LogP contribution in [0.5, 0.6) is 0 Å². The van der Waals surface area contributed by atoms with Gasteiger partial charge in [0.2, 0.25) is 0 Å². The molecule has 2 fully saturated rings. The van der Waals surface area contributed by atoms with Crippen molar-refractivity contribution in [1.82, 2.24) is 0 Å². The lowest BCUT2D eigenvalue weighted by Gasteiger charge is -2.20. The predicted octanol–water partition coefficient (Wildman–Crippen LogP) is 2.81. The van der Waals surface area contributed by atoms with E-state index < -0.39 is 0 Å². The first-order valence-electron chi connectivity index (χ1n) is 6.30. The van der Waals surface area contributed by atoms with Crippen LogP contribution >= 0.6 is 0 Å². The summed E-state index contributed by atoms with van der Waals surface area (Å²) in [7, 11) is 1.69. The molecule has 2 heteroatoms. The Kier molecular flexibility index (Phi) is 3.79. The Morgan fingerprint density at radius 1 is 1.33 bits per heavy atom. The van der Waals surface area contributed by atoms with Crippen molar-refractivity contribution in [2.75, 3.05) is 13.7 Å². The Balaban J connectivity index is 1.66. The van der Waals surface area contributed by atoms with E-state index in [0.29, 0.717) is 5.78 Å². The van der Waals surface area contributed by atoms with Crippen LogP contribution in [-0.2, 0) is 9.53 Å². The molecule has 0 aliphatic heterocycles. The molecular formula is C13H22O2. The molecule has 3 atom stereocenters. The number of ketones is 1. The molecule has 0 aromatic heterocycles. The fourth-order valence-corrected chi connectivity index (χ4v) is 3.43. The van der Waals surface area contributed by atoms with Gasteiger partial charge < -0.3 is 4.74 Å². The predicted molar refractivity (Wildman–Crippen MR) is 59.7 cm³/mol. The van der Waals surface area contributed by atoms with Gasteiger partial charge in [-0.1, -0.05) is 6.42 Å². The lowest BCUT2D eigenvalue weighted by molar-refractivity contribution is -0.120. The topological polar surface area (TPSA) is 26.3 Å². The molecule has 2 saturated carbocycles. The Morgan fingerprint density at radius 3 is 2.80 bits per heavy atom. The van der Waals surface area contributed by atoms with Crippen molar-refractivity contribution >= 4 is 5.78 Å². The van der Waals surface area contributed by atoms with Gasteiger partial charge in [0, 0.05) is 26.6 Å². The Hall–Kier alpha value is -0.370. The minimum atomic E-state index is 0.463. The first kappa shape index (κ1) is 11.1. The van der Waals surface area contributed by atoms with Gasteiger partial charge in [-0.05, 0) is 43.4 Å². The minimum absolute atomic E-state index is 0.463. The van der Waals surface area contributed by atoms with Crippen LogP contribution < -0.4 is 0 Å². The highest BCUT2D eigenvalue weighted by molar-refractivity contribution is 5.78. The largest absolute Gasteiger partial charge is 0.385 e. The second-order valence-electron chi connectivity index (χ2n) is 5.27. The Bertz CT molecular complexity index is 225. The van der Waals surface area contributed by atoms with Crippen molar-refractivity contribution in [3.63, 3.8) is 0 Å². The normalized spacial score (nSPS) is 33.5. The van der Waals surface area contributed by atoms with Gasteiger partial charge in [-0.2, -0.15) is 0 Å². The summed E-state index contributed by atoms with van der Waals surface area (Å²) in [6.07, 6.45) is 8.04. The van der Waals surface area contributed by atoms with Crippen molar-refractivity contribution in [2.45, 2.75) is 44.9 Å². The molecule has 2 nitrogen and oxygen atoms in total. The first-order valence-corrected chi connectivity index (χ1v) is 6.30. The lowest BCUT2D eigenvalue weighted by atomic mass is 9.84. The smallest absolute Gasteiger partial charge is 0.133 e. The van der Waals surface area contributed by atoms with Crippen LogP contribution in [0.2, 0.25) is 0 Å². The van der Waals surface area contributed by atoms with Crippen molar-refractivity contribution in [3.8, 4) is 0 Å². The maximum atomic E-state index is 11.7. The number of carbonyl (C=O) groups is 1. The van der Waals surface area contributed by atoms with E-state index in [4.69, 9.17) is 4.74 Å². The molecule has 3 unspecified atom stereocenters. The van der Waals surface area contributed by atoms with Crippen LogP contribution in [0.4, 0.5) is 0 Å². The number of hydrogen-bond acceptors (Lipinski definition) is 2. The van der Waals surface area contributed by atoms with Crippen LogP contribution in [-0.4, -0.2) is 19.5 Å². The monoisotopic (exact) mass is 210 g/mol. The van der Waals surface area contributed by atoms with Gasteiger partial charge in [0.1, 0.15) is 5.78 Å². The molecule has 2 aliphatic rings. The molecule has 86 valence electrons. The molecule has 0 saturated heterocycles. The maximum Gasteiger partial charge on any atom is 0.133 e. The average molecular weight is 210 g/mol. The van der Waals surface area contributed by atoms with Crippen LogP contribution in [0.1, 0.15) is 44.9 Å². The van der Waals surface area contributed by atoms with Crippen LogP contribution in [0.25, 0.3) is 0 Å². The van der Waals surface area contributed by atoms with E-state index in [1.165, 1.54) is 25.7 Å². The van der Waals surface area contributed by atoms with E-state index in [2.05, 4.69) is 0 Å². The van der Waals surface area contributed by atoms with Gasteiger partial charge >= 0.3 is 0 Å². The number of fused-ring (bicyclic) bond motifs is 2. The van der Waals surface area contributed by atoms with E-state index in [1.807, 2.05) is 0 Å². The third kappa shape index (κ3) is 2.81. The third-order valence-electron chi connectivity index (χ3n) is 4.18. The van der Waals surface area contributed by atoms with Gasteiger partial charge in [-0.15, -0.1) is 0 Å². The summed E-state index contributed by atoms with van der Waals surface area (Å²) in [5.41, 5.74) is 0. The van der Waals surface area contributed by atoms with Crippen LogP contribution in [0.15, 0.2) is 0 Å². The van der Waals surface area contributed by atoms with Gasteiger partial charge in [-0.25, -0.2) is 0 Å². The molecule has 0 aromatic rings. The molecule has 0 N–H and O–H groups in total. The quantitative estimate of drug-likeness (QED) is 0.630. The fraction of sp³-hybridized carbons (Fsp3) is 0.923. The standard InChI is InChI=1S/C13H22O2/c1-15-6-2-3-13(14)9-12-8-10-4-5-11(12)7-10/h10-12H,2-9H2,1H3. The summed E-state index contributed by atoms with van der Waals surface area (Å²) in [6.45, 7) is 0.725. The Labute approximate surface area is 92.4 Å². The van der Waals surface area contributed by atoms with E-state index in [-0.39, 0.29) is 0 Å². The molecule has 0 radical (unpaired) electrons. The van der Waals surface area contributed by atoms with Crippen molar-refractivity contribution < 1.29 is 9.53 Å². The summed E-state index contributed by atoms with van der Waals surface area (Å²) < 4.78 is 4.96. The zero-order chi connectivity index (χ0) is 10.7. The molecule has 15 heavy (non-hydrogen) atoms. The molecule has 2 bridgehead atoms. The molecule has 0 spiro atoms. The zero-order valence-electron chi connectivity index (χ0n) is 9.71. The summed E-state index contributed by atoms with van der Waals surface area (Å²) >= 11 is 0. The summed E-state index contributed by atoms with van der Waals surface area (Å²) in [5.74, 6) is 3.05. The van der Waals surface area contributed by atoms with Crippen molar-refractivity contribution in [1.29, 1.82) is 0 Å². The number of hydrogen-bond donors (Lipinski definition) is 0. The third-order valence-corrected chi connectivity index (χ3v) is 4.18. The Morgan fingerprint density at radius 2 is 2.20 bits per heavy atom. The lowest BCUT2D eigenvalue weighted by Crippen LogP contribution is -2.15. The van der Waals surface area contributed by atoms with Crippen molar-refractivity contribution in [2.24, 2.45) is 17.8 Å². The highest BCUT2D eigenvalue weighted by Gasteiger charge is 2.39. The number of rotatable bonds is 6. The first-order chi connectivity index (χ1) is 7.29. The summed E-state index contributed by atoms with van der Waals surface area (Å²) in [5, 5.41) is 0. The average Bonchev–Trinajstić information content (AvgIpc) is 2.79. The second-order valence-corrected chi connectivity index (χ2v) is 5.27. The number of Topliss-reactive ketones (excluding diaryl/α,β-unsaturated/α-hetero) is 1. The van der Waals surface area contributed by atoms with Gasteiger partial charge in [0.25, 0.3) is 0 Å². The molecule has 0 amide bonds. The number of ether oxygens (including phenoxy) is 1. The highest BCUT2D eigenvalue weighted by atomic mass is 16.5. The molecular weight excluding hydrogens is 188 g/mol. The molecule has 2 aliphatic carbocycles. The second kappa shape index (κ2) is 5.11. The van der Waals surface area contributed by atoms with Gasteiger partial charge in [0.05, 0.1) is 0 Å². The maximum absolute atomic E-state index is 11.7. The molecule has 2 rings (SSSR count). The number of methoxy groups -OCH3 is 1. The van der Waals surface area contributed by atoms with Crippen molar-refractivity contribution in [3.05, 3.63) is 0 Å². The van der Waals surface area contributed by atoms with Gasteiger partial charge in [0.15, 0.2) is 0 Å². The summed E-state index contributed by atoms with van der Waals surface area (Å²) in [4.78, 5) is 11.7. The highest BCUT2D eigenvalue weighted by Crippen LogP contribution is 2.49. The van der Waals surface area contributed by atoms with Crippen LogP contribution in [0.3, 0.4) is 0 Å². The van der Waals surface area contributed by atoms with Crippen LogP contribution in [0, 0.1) is 17.8 Å². The van der Waals surface area contributed by atoms with Gasteiger partial charge in [-0.3, -0.25) is 4.79 Å². The van der Waals surface area contributed by atoms with E-state index in [0.717, 1.165) is 43.6 Å². The van der Waals surface area contributed by atoms with E-state index in [9.17, 15) is 4.79 Å². The molecule has 0 heterocycles. The fourth-order valence-electron chi connectivity index (χ4n) is 3.43. The minimum Gasteiger partial charge on any atom is -0.385 e. The van der Waals surface area contributed by atoms with E-state index >= 15 is 0 Å². The SMILES string of the molecule is COCCCC(=O)CC1CC2CCC1C2.